The first-order valence-electron chi connectivity index (χ1n) is 5.13. The van der Waals surface area contributed by atoms with Gasteiger partial charge in [0.05, 0.1) is 5.70 Å². The van der Waals surface area contributed by atoms with Crippen LogP contribution in [-0.2, 0) is 0 Å². The van der Waals surface area contributed by atoms with Gasteiger partial charge in [-0.05, 0) is 23.4 Å². The normalized spacial score (nSPS) is 9.75. The molecule has 1 nitrogen and oxygen atoms in total. The van der Waals surface area contributed by atoms with E-state index in [1.165, 1.54) is 11.1 Å². The highest BCUT2D eigenvalue weighted by atomic mass is 14.7. The van der Waals surface area contributed by atoms with Gasteiger partial charge in [-0.25, -0.2) is 0 Å². The third-order valence-electron chi connectivity index (χ3n) is 2.52. The van der Waals surface area contributed by atoms with E-state index in [1.54, 1.807) is 0 Å². The Kier molecular flexibility index (Phi) is 2.97. The molecule has 0 N–H and O–H groups in total. The lowest BCUT2D eigenvalue weighted by Gasteiger charge is -2.03. The fourth-order valence-corrected chi connectivity index (χ4v) is 1.58. The summed E-state index contributed by atoms with van der Waals surface area (Å²) in [5.41, 5.74) is 4.13. The molecule has 78 valence electrons. The van der Waals surface area contributed by atoms with Crippen LogP contribution in [0.5, 0.6) is 0 Å². The molecule has 2 aromatic carbocycles. The molecule has 0 unspecified atom stereocenters. The Morgan fingerprint density at radius 2 is 1.38 bits per heavy atom. The molecule has 0 spiro atoms. The lowest BCUT2D eigenvalue weighted by atomic mass is 10.0. The Morgan fingerprint density at radius 3 is 1.94 bits per heavy atom. The van der Waals surface area contributed by atoms with Crippen LogP contribution in [0, 0.1) is 0 Å². The molecule has 0 heterocycles. The predicted molar refractivity (Wildman–Crippen MR) is 70.5 cm³/mol. The smallest absolute Gasteiger partial charge is 0.0622 e. The highest BCUT2D eigenvalue weighted by Gasteiger charge is 1.98. The number of benzene rings is 2. The summed E-state index contributed by atoms with van der Waals surface area (Å²) in [5.74, 6) is 0. The first-order chi connectivity index (χ1) is 7.81. The Hall–Kier alpha value is -2.15. The molecule has 0 atom stereocenters. The number of nitrogens with zero attached hydrogens (tertiary/aromatic N) is 1. The monoisotopic (exact) mass is 207 g/mol. The molecule has 0 amide bonds. The van der Waals surface area contributed by atoms with Crippen LogP contribution in [0.4, 0.5) is 0 Å². The number of hydrogen-bond donors (Lipinski definition) is 0. The van der Waals surface area contributed by atoms with Gasteiger partial charge in [0.15, 0.2) is 0 Å². The van der Waals surface area contributed by atoms with Crippen LogP contribution in [0.1, 0.15) is 5.56 Å². The summed E-state index contributed by atoms with van der Waals surface area (Å²) in [6.07, 6.45) is 0. The number of rotatable bonds is 3. The van der Waals surface area contributed by atoms with Crippen molar-refractivity contribution < 1.29 is 0 Å². The van der Waals surface area contributed by atoms with Crippen LogP contribution < -0.4 is 0 Å². The van der Waals surface area contributed by atoms with Gasteiger partial charge in [0, 0.05) is 0 Å². The molecule has 0 fully saturated rings. The molecule has 16 heavy (non-hydrogen) atoms. The second kappa shape index (κ2) is 4.58. The van der Waals surface area contributed by atoms with Gasteiger partial charge in [-0.3, -0.25) is 4.99 Å². The maximum atomic E-state index is 3.82. The summed E-state index contributed by atoms with van der Waals surface area (Å²) in [7, 11) is 0. The predicted octanol–water partition coefficient (Wildman–Crippen LogP) is 4.02. The van der Waals surface area contributed by atoms with E-state index in [0.29, 0.717) is 5.70 Å². The summed E-state index contributed by atoms with van der Waals surface area (Å²) in [5, 5.41) is 0. The standard InChI is InChI=1S/C15H13N/c1-12(16-2)13-8-10-15(11-9-13)14-6-4-3-5-7-14/h3-11H,1-2H2. The van der Waals surface area contributed by atoms with Crippen molar-refractivity contribution in [2.45, 2.75) is 0 Å². The van der Waals surface area contributed by atoms with E-state index >= 15 is 0 Å². The zero-order valence-electron chi connectivity index (χ0n) is 9.06. The van der Waals surface area contributed by atoms with Gasteiger partial charge in [0.1, 0.15) is 0 Å². The number of aliphatic imine (C=N–C) groups is 1. The minimum absolute atomic E-state index is 0.708. The first-order valence-corrected chi connectivity index (χ1v) is 5.13. The van der Waals surface area contributed by atoms with Crippen molar-refractivity contribution in [1.29, 1.82) is 0 Å². The lowest BCUT2D eigenvalue weighted by molar-refractivity contribution is 1.53. The van der Waals surface area contributed by atoms with Crippen LogP contribution in [0.3, 0.4) is 0 Å². The SMILES string of the molecule is C=NC(=C)c1ccc(-c2ccccc2)cc1. The Labute approximate surface area is 95.8 Å². The molecule has 0 saturated heterocycles. The van der Waals surface area contributed by atoms with E-state index < -0.39 is 0 Å². The maximum absolute atomic E-state index is 3.82. The van der Waals surface area contributed by atoms with Crippen molar-refractivity contribution in [2.75, 3.05) is 0 Å². The quantitative estimate of drug-likeness (QED) is 0.674. The van der Waals surface area contributed by atoms with Crippen LogP contribution in [0.15, 0.2) is 66.2 Å². The summed E-state index contributed by atoms with van der Waals surface area (Å²) >= 11 is 0. The Bertz CT molecular complexity index is 495. The van der Waals surface area contributed by atoms with Crippen molar-refractivity contribution in [1.82, 2.24) is 0 Å². The molecule has 0 aliphatic heterocycles. The third kappa shape index (κ3) is 2.09. The second-order valence-corrected chi connectivity index (χ2v) is 3.55. The second-order valence-electron chi connectivity index (χ2n) is 3.55. The van der Waals surface area contributed by atoms with Gasteiger partial charge < -0.3 is 0 Å². The minimum Gasteiger partial charge on any atom is -0.265 e. The van der Waals surface area contributed by atoms with Crippen molar-refractivity contribution in [3.8, 4) is 11.1 Å². The van der Waals surface area contributed by atoms with E-state index in [4.69, 9.17) is 0 Å². The fraction of sp³-hybridized carbons (Fsp3) is 0. The molecule has 0 saturated carbocycles. The first kappa shape index (κ1) is 10.4. The highest BCUT2D eigenvalue weighted by molar-refractivity contribution is 5.70. The molecule has 0 aliphatic carbocycles. The molecule has 0 aliphatic rings. The molecular formula is C15H13N. The van der Waals surface area contributed by atoms with Gasteiger partial charge in [0.2, 0.25) is 0 Å². The van der Waals surface area contributed by atoms with Crippen molar-refractivity contribution in [2.24, 2.45) is 4.99 Å². The van der Waals surface area contributed by atoms with Crippen LogP contribution >= 0.6 is 0 Å². The molecule has 1 heteroatoms. The van der Waals surface area contributed by atoms with Gasteiger partial charge in [-0.1, -0.05) is 61.2 Å². The van der Waals surface area contributed by atoms with Gasteiger partial charge in [-0.15, -0.1) is 0 Å². The van der Waals surface area contributed by atoms with E-state index in [0.717, 1.165) is 5.56 Å². The summed E-state index contributed by atoms with van der Waals surface area (Å²) in [6, 6.07) is 18.4. The van der Waals surface area contributed by atoms with Crippen LogP contribution in [-0.4, -0.2) is 6.72 Å². The number of hydrogen-bond acceptors (Lipinski definition) is 1. The van der Waals surface area contributed by atoms with E-state index in [1.807, 2.05) is 30.3 Å². The Balaban J connectivity index is 2.33. The van der Waals surface area contributed by atoms with Crippen molar-refractivity contribution in [3.63, 3.8) is 0 Å². The average Bonchev–Trinajstić information content (AvgIpc) is 2.39. The van der Waals surface area contributed by atoms with Gasteiger partial charge >= 0.3 is 0 Å². The topological polar surface area (TPSA) is 12.4 Å². The average molecular weight is 207 g/mol. The molecular weight excluding hydrogens is 194 g/mol. The Morgan fingerprint density at radius 1 is 0.812 bits per heavy atom. The van der Waals surface area contributed by atoms with E-state index in [-0.39, 0.29) is 0 Å². The van der Waals surface area contributed by atoms with Crippen LogP contribution in [0.25, 0.3) is 16.8 Å². The van der Waals surface area contributed by atoms with E-state index in [2.05, 4.69) is 42.6 Å². The molecule has 0 aromatic heterocycles. The summed E-state index contributed by atoms with van der Waals surface area (Å²) in [6.45, 7) is 7.28. The molecule has 0 bridgehead atoms. The van der Waals surface area contributed by atoms with E-state index in [9.17, 15) is 0 Å². The summed E-state index contributed by atoms with van der Waals surface area (Å²) in [4.78, 5) is 3.82. The van der Waals surface area contributed by atoms with Gasteiger partial charge in [0.25, 0.3) is 0 Å². The largest absolute Gasteiger partial charge is 0.265 e. The van der Waals surface area contributed by atoms with Crippen LogP contribution in [0.2, 0.25) is 0 Å². The van der Waals surface area contributed by atoms with Crippen molar-refractivity contribution >= 4 is 12.4 Å². The van der Waals surface area contributed by atoms with Gasteiger partial charge in [-0.2, -0.15) is 0 Å². The molecule has 0 radical (unpaired) electrons. The minimum atomic E-state index is 0.708. The lowest BCUT2D eigenvalue weighted by Crippen LogP contribution is -1.80. The highest BCUT2D eigenvalue weighted by Crippen LogP contribution is 2.21. The zero-order valence-corrected chi connectivity index (χ0v) is 9.06. The molecule has 2 rings (SSSR count). The maximum Gasteiger partial charge on any atom is 0.0622 e. The summed E-state index contributed by atoms with van der Waals surface area (Å²) < 4.78 is 0. The zero-order chi connectivity index (χ0) is 11.4. The van der Waals surface area contributed by atoms with Crippen molar-refractivity contribution in [3.05, 3.63) is 66.7 Å². The third-order valence-corrected chi connectivity index (χ3v) is 2.52. The molecule has 2 aromatic rings. The fourth-order valence-electron chi connectivity index (χ4n) is 1.58.